The Morgan fingerprint density at radius 2 is 1.71 bits per heavy atom. The van der Waals surface area contributed by atoms with E-state index >= 15 is 0 Å². The van der Waals surface area contributed by atoms with Gasteiger partial charge in [0, 0.05) is 36.5 Å². The van der Waals surface area contributed by atoms with Crippen molar-refractivity contribution in [2.24, 2.45) is 5.73 Å². The van der Waals surface area contributed by atoms with Crippen molar-refractivity contribution in [2.75, 3.05) is 6.54 Å². The van der Waals surface area contributed by atoms with Crippen molar-refractivity contribution in [3.63, 3.8) is 0 Å². The molecule has 0 bridgehead atoms. The summed E-state index contributed by atoms with van der Waals surface area (Å²) in [6.45, 7) is 1.59. The lowest BCUT2D eigenvalue weighted by Gasteiger charge is -2.29. The first-order chi connectivity index (χ1) is 19.5. The van der Waals surface area contributed by atoms with Crippen LogP contribution in [0.15, 0.2) is 54.7 Å². The summed E-state index contributed by atoms with van der Waals surface area (Å²) in [5.41, 5.74) is 8.02. The third-order valence-electron chi connectivity index (χ3n) is 7.37. The molecule has 5 atom stereocenters. The third kappa shape index (κ3) is 7.02. The minimum atomic E-state index is -1.29. The zero-order valence-corrected chi connectivity index (χ0v) is 22.6. The number of aliphatic hydroxyl groups is 1. The molecular formula is C29H35N5O7. The topological polar surface area (TPSA) is 198 Å². The van der Waals surface area contributed by atoms with Crippen LogP contribution in [0.2, 0.25) is 0 Å². The Labute approximate surface area is 236 Å². The number of phenolic OH excluding ortho intramolecular Hbond substituents is 1. The van der Waals surface area contributed by atoms with E-state index in [9.17, 15) is 34.5 Å². The predicted octanol–water partition coefficient (Wildman–Crippen LogP) is 0.412. The van der Waals surface area contributed by atoms with Crippen LogP contribution in [0.25, 0.3) is 10.9 Å². The quantitative estimate of drug-likeness (QED) is 0.173. The predicted molar refractivity (Wildman–Crippen MR) is 150 cm³/mol. The summed E-state index contributed by atoms with van der Waals surface area (Å²) in [4.78, 5) is 56.4. The highest BCUT2D eigenvalue weighted by Crippen LogP contribution is 2.22. The number of nitrogens with one attached hydrogen (secondary N) is 3. The normalized spacial score (nSPS) is 17.9. The highest BCUT2D eigenvalue weighted by molar-refractivity contribution is 5.95. The number of nitrogens with two attached hydrogens (primary N) is 1. The van der Waals surface area contributed by atoms with E-state index in [0.717, 1.165) is 16.5 Å². The average Bonchev–Trinajstić information content (AvgIpc) is 3.60. The summed E-state index contributed by atoms with van der Waals surface area (Å²) >= 11 is 0. The number of phenols is 1. The van der Waals surface area contributed by atoms with E-state index in [1.54, 1.807) is 18.3 Å². The number of carbonyl (C=O) groups is 4. The fourth-order valence-electron chi connectivity index (χ4n) is 5.04. The molecule has 1 fully saturated rings. The average molecular weight is 566 g/mol. The first-order valence-corrected chi connectivity index (χ1v) is 13.5. The van der Waals surface area contributed by atoms with Crippen LogP contribution in [0, 0.1) is 0 Å². The maximum atomic E-state index is 13.8. The number of aromatic nitrogens is 1. The molecule has 41 heavy (non-hydrogen) atoms. The minimum absolute atomic E-state index is 0.0225. The summed E-state index contributed by atoms with van der Waals surface area (Å²) in [6, 6.07) is 8.94. The van der Waals surface area contributed by atoms with Crippen LogP contribution < -0.4 is 16.4 Å². The number of aromatic hydroxyl groups is 1. The second-order valence-corrected chi connectivity index (χ2v) is 10.4. The number of likely N-dealkylation sites (tertiary alicyclic amines) is 1. The van der Waals surface area contributed by atoms with Crippen LogP contribution in [0.5, 0.6) is 5.75 Å². The number of carbonyl (C=O) groups excluding carboxylic acids is 3. The molecule has 2 aromatic carbocycles. The summed E-state index contributed by atoms with van der Waals surface area (Å²) in [7, 11) is 0. The Kier molecular flexibility index (Phi) is 9.25. The first kappa shape index (κ1) is 29.6. The van der Waals surface area contributed by atoms with E-state index in [1.807, 2.05) is 24.3 Å². The van der Waals surface area contributed by atoms with Crippen LogP contribution in [-0.4, -0.2) is 85.7 Å². The summed E-state index contributed by atoms with van der Waals surface area (Å²) < 4.78 is 0. The number of nitrogens with zero attached hydrogens (tertiary/aromatic N) is 1. The zero-order chi connectivity index (χ0) is 29.7. The van der Waals surface area contributed by atoms with Crippen LogP contribution in [0.3, 0.4) is 0 Å². The molecule has 8 N–H and O–H groups in total. The van der Waals surface area contributed by atoms with Gasteiger partial charge in [0.15, 0.2) is 0 Å². The number of aliphatic hydroxyl groups excluding tert-OH is 1. The Morgan fingerprint density at radius 3 is 2.39 bits per heavy atom. The lowest BCUT2D eigenvalue weighted by Crippen LogP contribution is -2.59. The molecule has 0 saturated carbocycles. The number of H-pyrrole nitrogens is 1. The lowest BCUT2D eigenvalue weighted by molar-refractivity contribution is -0.149. The van der Waals surface area contributed by atoms with Gasteiger partial charge >= 0.3 is 5.97 Å². The van der Waals surface area contributed by atoms with Crippen LogP contribution in [-0.2, 0) is 32.0 Å². The van der Waals surface area contributed by atoms with Gasteiger partial charge in [-0.1, -0.05) is 30.3 Å². The molecule has 1 saturated heterocycles. The van der Waals surface area contributed by atoms with Gasteiger partial charge in [-0.05, 0) is 49.1 Å². The summed E-state index contributed by atoms with van der Waals surface area (Å²) in [5.74, 6) is -3.07. The summed E-state index contributed by atoms with van der Waals surface area (Å²) in [5, 5.41) is 35.3. The van der Waals surface area contributed by atoms with Crippen molar-refractivity contribution in [3.05, 3.63) is 65.9 Å². The third-order valence-corrected chi connectivity index (χ3v) is 7.37. The first-order valence-electron chi connectivity index (χ1n) is 13.5. The van der Waals surface area contributed by atoms with Crippen molar-refractivity contribution in [2.45, 2.75) is 62.9 Å². The molecule has 4 rings (SSSR count). The molecule has 5 unspecified atom stereocenters. The standard InChI is InChI=1S/C29H35N5O7/c1-16(35)25(30)27(38)32-22(14-18-15-31-21-6-3-2-5-20(18)21)26(37)33-23(13-17-8-10-19(36)11-9-17)28(39)34-12-4-7-24(34)29(40)41/h2-3,5-6,8-11,15-16,22-25,31,35-36H,4,7,12-14,30H2,1H3,(H,32,38)(H,33,37)(H,40,41). The van der Waals surface area contributed by atoms with Gasteiger partial charge in [0.25, 0.3) is 0 Å². The maximum absolute atomic E-state index is 13.8. The number of para-hydroxylation sites is 1. The molecule has 1 aliphatic heterocycles. The van der Waals surface area contributed by atoms with Gasteiger partial charge in [0.1, 0.15) is 29.9 Å². The Hall–Kier alpha value is -4.42. The van der Waals surface area contributed by atoms with Gasteiger partial charge in [0.05, 0.1) is 6.10 Å². The molecule has 0 spiro atoms. The number of fused-ring (bicyclic) bond motifs is 1. The molecular weight excluding hydrogens is 530 g/mol. The van der Waals surface area contributed by atoms with Crippen molar-refractivity contribution in [1.29, 1.82) is 0 Å². The molecule has 12 nitrogen and oxygen atoms in total. The van der Waals surface area contributed by atoms with Gasteiger partial charge in [-0.25, -0.2) is 4.79 Å². The highest BCUT2D eigenvalue weighted by Gasteiger charge is 2.38. The molecule has 0 aliphatic carbocycles. The number of aliphatic carboxylic acids is 1. The molecule has 12 heteroatoms. The number of benzene rings is 2. The molecule has 1 aliphatic rings. The fourth-order valence-corrected chi connectivity index (χ4v) is 5.04. The van der Waals surface area contributed by atoms with Crippen LogP contribution >= 0.6 is 0 Å². The van der Waals surface area contributed by atoms with E-state index in [-0.39, 0.29) is 25.1 Å². The Morgan fingerprint density at radius 1 is 1.02 bits per heavy atom. The second kappa shape index (κ2) is 12.8. The Bertz CT molecular complexity index is 1400. The van der Waals surface area contributed by atoms with Crippen LogP contribution in [0.1, 0.15) is 30.9 Å². The Balaban J connectivity index is 1.63. The zero-order valence-electron chi connectivity index (χ0n) is 22.6. The molecule has 3 aromatic rings. The van der Waals surface area contributed by atoms with E-state index < -0.39 is 54.0 Å². The van der Waals surface area contributed by atoms with E-state index in [4.69, 9.17) is 5.73 Å². The SMILES string of the molecule is CC(O)C(N)C(=O)NC(Cc1c[nH]c2ccccc12)C(=O)NC(Cc1ccc(O)cc1)C(=O)N1CCCC1C(=O)O. The van der Waals surface area contributed by atoms with Gasteiger partial charge in [-0.2, -0.15) is 0 Å². The smallest absolute Gasteiger partial charge is 0.326 e. The molecule has 0 radical (unpaired) electrons. The van der Waals surface area contributed by atoms with Gasteiger partial charge in [0.2, 0.25) is 17.7 Å². The van der Waals surface area contributed by atoms with Crippen molar-refractivity contribution in [1.82, 2.24) is 20.5 Å². The number of aromatic amines is 1. The largest absolute Gasteiger partial charge is 0.508 e. The van der Waals surface area contributed by atoms with E-state index in [0.29, 0.717) is 18.4 Å². The van der Waals surface area contributed by atoms with Gasteiger partial charge in [-0.3, -0.25) is 14.4 Å². The summed E-state index contributed by atoms with van der Waals surface area (Å²) in [6.07, 6.45) is 1.45. The van der Waals surface area contributed by atoms with Crippen molar-refractivity contribution >= 4 is 34.6 Å². The fraction of sp³-hybridized carbons (Fsp3) is 0.379. The molecule has 218 valence electrons. The second-order valence-electron chi connectivity index (χ2n) is 10.4. The number of carboxylic acids is 1. The van der Waals surface area contributed by atoms with E-state index in [1.165, 1.54) is 24.0 Å². The van der Waals surface area contributed by atoms with E-state index in [2.05, 4.69) is 15.6 Å². The highest BCUT2D eigenvalue weighted by atomic mass is 16.4. The minimum Gasteiger partial charge on any atom is -0.508 e. The maximum Gasteiger partial charge on any atom is 0.326 e. The van der Waals surface area contributed by atoms with Crippen molar-refractivity contribution in [3.8, 4) is 5.75 Å². The molecule has 2 heterocycles. The number of amides is 3. The van der Waals surface area contributed by atoms with Crippen LogP contribution in [0.4, 0.5) is 0 Å². The molecule has 3 amide bonds. The lowest BCUT2D eigenvalue weighted by atomic mass is 10.0. The number of carboxylic acid groups (broad SMARTS) is 1. The number of hydrogen-bond acceptors (Lipinski definition) is 7. The van der Waals surface area contributed by atoms with Gasteiger partial charge in [-0.15, -0.1) is 0 Å². The molecule has 1 aromatic heterocycles. The number of rotatable bonds is 11. The van der Waals surface area contributed by atoms with Crippen molar-refractivity contribution < 1.29 is 34.5 Å². The monoisotopic (exact) mass is 565 g/mol. The van der Waals surface area contributed by atoms with Gasteiger partial charge < -0.3 is 41.6 Å². The number of hydrogen-bond donors (Lipinski definition) is 7.